The molecular formula is C21H41IN4O. The lowest BCUT2D eigenvalue weighted by Gasteiger charge is -2.54. The van der Waals surface area contributed by atoms with Crippen molar-refractivity contribution in [3.8, 4) is 0 Å². The van der Waals surface area contributed by atoms with Crippen LogP contribution >= 0.6 is 24.0 Å². The second-order valence-electron chi connectivity index (χ2n) is 8.69. The fourth-order valence-electron chi connectivity index (χ4n) is 5.30. The van der Waals surface area contributed by atoms with Gasteiger partial charge in [-0.05, 0) is 59.8 Å². The fourth-order valence-corrected chi connectivity index (χ4v) is 5.30. The first kappa shape index (κ1) is 23.2. The molecule has 158 valence electrons. The maximum absolute atomic E-state index is 6.07. The van der Waals surface area contributed by atoms with Gasteiger partial charge in [0.1, 0.15) is 0 Å². The maximum Gasteiger partial charge on any atom is 0.191 e. The van der Waals surface area contributed by atoms with Crippen molar-refractivity contribution in [2.75, 3.05) is 26.2 Å². The Labute approximate surface area is 183 Å². The first-order valence-electron chi connectivity index (χ1n) is 11.0. The Bertz CT molecular complexity index is 471. The Morgan fingerprint density at radius 1 is 1.15 bits per heavy atom. The molecule has 0 radical (unpaired) electrons. The molecule has 3 fully saturated rings. The van der Waals surface area contributed by atoms with E-state index in [2.05, 4.69) is 43.2 Å². The van der Waals surface area contributed by atoms with Gasteiger partial charge in [-0.25, -0.2) is 0 Å². The summed E-state index contributed by atoms with van der Waals surface area (Å²) in [4.78, 5) is 7.34. The highest BCUT2D eigenvalue weighted by Crippen LogP contribution is 2.54. The van der Waals surface area contributed by atoms with Gasteiger partial charge in [0.05, 0.1) is 6.10 Å². The number of ether oxygens (including phenoxy) is 1. The minimum absolute atomic E-state index is 0. The Kier molecular flexibility index (Phi) is 9.13. The first-order valence-corrected chi connectivity index (χ1v) is 11.0. The smallest absolute Gasteiger partial charge is 0.191 e. The van der Waals surface area contributed by atoms with Crippen molar-refractivity contribution in [1.29, 1.82) is 0 Å². The highest BCUT2D eigenvalue weighted by molar-refractivity contribution is 14.0. The van der Waals surface area contributed by atoms with Crippen molar-refractivity contribution < 1.29 is 4.74 Å². The van der Waals surface area contributed by atoms with E-state index in [1.54, 1.807) is 0 Å². The lowest BCUT2D eigenvalue weighted by molar-refractivity contribution is -0.125. The summed E-state index contributed by atoms with van der Waals surface area (Å²) >= 11 is 0. The average Bonchev–Trinajstić information content (AvgIpc) is 3.14. The van der Waals surface area contributed by atoms with Crippen molar-refractivity contribution in [3.05, 3.63) is 0 Å². The van der Waals surface area contributed by atoms with Crippen LogP contribution in [0, 0.1) is 5.41 Å². The van der Waals surface area contributed by atoms with Crippen LogP contribution in [0.2, 0.25) is 0 Å². The van der Waals surface area contributed by atoms with Crippen LogP contribution in [0.5, 0.6) is 0 Å². The van der Waals surface area contributed by atoms with Crippen LogP contribution in [0.3, 0.4) is 0 Å². The highest BCUT2D eigenvalue weighted by Gasteiger charge is 2.57. The van der Waals surface area contributed by atoms with Gasteiger partial charge in [-0.15, -0.1) is 24.0 Å². The number of guanidine groups is 1. The third-order valence-corrected chi connectivity index (χ3v) is 6.92. The number of nitrogens with zero attached hydrogens (tertiary/aromatic N) is 2. The second-order valence-corrected chi connectivity index (χ2v) is 8.69. The number of hydrogen-bond donors (Lipinski definition) is 2. The molecule has 1 aliphatic heterocycles. The van der Waals surface area contributed by atoms with Gasteiger partial charge < -0.3 is 20.3 Å². The number of halogens is 1. The number of likely N-dealkylation sites (tertiary alicyclic amines) is 1. The molecular weight excluding hydrogens is 451 g/mol. The molecule has 2 saturated carbocycles. The van der Waals surface area contributed by atoms with Crippen molar-refractivity contribution in [3.63, 3.8) is 0 Å². The van der Waals surface area contributed by atoms with E-state index in [1.165, 1.54) is 51.6 Å². The summed E-state index contributed by atoms with van der Waals surface area (Å²) in [6.45, 7) is 12.9. The number of nitrogens with one attached hydrogen (secondary N) is 2. The van der Waals surface area contributed by atoms with E-state index in [0.717, 1.165) is 25.5 Å². The van der Waals surface area contributed by atoms with Crippen LogP contribution < -0.4 is 10.6 Å². The topological polar surface area (TPSA) is 48.9 Å². The summed E-state index contributed by atoms with van der Waals surface area (Å²) in [5.41, 5.74) is 0.354. The quantitative estimate of drug-likeness (QED) is 0.337. The molecule has 1 saturated heterocycles. The molecule has 0 aromatic rings. The van der Waals surface area contributed by atoms with E-state index >= 15 is 0 Å². The van der Waals surface area contributed by atoms with Gasteiger partial charge in [0.2, 0.25) is 0 Å². The summed E-state index contributed by atoms with van der Waals surface area (Å²) in [5, 5.41) is 7.54. The first-order chi connectivity index (χ1) is 12.6. The molecule has 1 spiro atoms. The Balaban J connectivity index is 0.00000261. The van der Waals surface area contributed by atoms with E-state index in [9.17, 15) is 0 Å². The van der Waals surface area contributed by atoms with Crippen LogP contribution in [-0.2, 0) is 4.74 Å². The molecule has 3 rings (SSSR count). The van der Waals surface area contributed by atoms with Gasteiger partial charge in [0.15, 0.2) is 5.96 Å². The maximum atomic E-state index is 6.07. The number of aliphatic imine (C=N–C) groups is 1. The molecule has 3 aliphatic rings. The molecule has 5 nitrogen and oxygen atoms in total. The monoisotopic (exact) mass is 492 g/mol. The molecule has 0 bridgehead atoms. The zero-order chi connectivity index (χ0) is 18.6. The molecule has 27 heavy (non-hydrogen) atoms. The summed E-state index contributed by atoms with van der Waals surface area (Å²) in [6.07, 6.45) is 9.31. The highest BCUT2D eigenvalue weighted by atomic mass is 127. The van der Waals surface area contributed by atoms with Gasteiger partial charge in [0, 0.05) is 49.8 Å². The van der Waals surface area contributed by atoms with Gasteiger partial charge >= 0.3 is 0 Å². The Morgan fingerprint density at radius 3 is 2.37 bits per heavy atom. The minimum Gasteiger partial charge on any atom is -0.378 e. The predicted octanol–water partition coefficient (Wildman–Crippen LogP) is 3.77. The van der Waals surface area contributed by atoms with Crippen LogP contribution in [0.15, 0.2) is 4.99 Å². The van der Waals surface area contributed by atoms with Crippen molar-refractivity contribution in [2.45, 2.75) is 96.9 Å². The van der Waals surface area contributed by atoms with Crippen LogP contribution in [0.1, 0.15) is 72.6 Å². The standard InChI is InChI=1S/C21H40N4O.HI/c1-5-22-20(23-17-9-13-25(14-10-17)16(3)4)24-18-15-19(26-6-2)21(18)11-7-8-12-21;/h16-19H,5-15H2,1-4H3,(H2,22,23,24);1H. The summed E-state index contributed by atoms with van der Waals surface area (Å²) < 4.78 is 6.07. The van der Waals surface area contributed by atoms with Gasteiger partial charge in [-0.2, -0.15) is 0 Å². The zero-order valence-electron chi connectivity index (χ0n) is 17.8. The SMILES string of the molecule is CCN=C(NC1CCN(C(C)C)CC1)NC1CC(OCC)C12CCCC2.I. The molecule has 2 N–H and O–H groups in total. The second kappa shape index (κ2) is 10.6. The molecule has 2 atom stereocenters. The lowest BCUT2D eigenvalue weighted by atomic mass is 9.60. The molecule has 1 heterocycles. The Hall–Kier alpha value is -0.0800. The predicted molar refractivity (Wildman–Crippen MR) is 124 cm³/mol. The minimum atomic E-state index is 0. The van der Waals surface area contributed by atoms with Gasteiger partial charge in [-0.3, -0.25) is 4.99 Å². The number of rotatable bonds is 6. The van der Waals surface area contributed by atoms with Crippen LogP contribution in [0.25, 0.3) is 0 Å². The molecule has 0 aromatic heterocycles. The van der Waals surface area contributed by atoms with Crippen molar-refractivity contribution in [2.24, 2.45) is 10.4 Å². The molecule has 2 aliphatic carbocycles. The van der Waals surface area contributed by atoms with E-state index in [0.29, 0.717) is 29.6 Å². The summed E-state index contributed by atoms with van der Waals surface area (Å²) in [6, 6.07) is 1.73. The Morgan fingerprint density at radius 2 is 1.81 bits per heavy atom. The van der Waals surface area contributed by atoms with E-state index in [-0.39, 0.29) is 24.0 Å². The summed E-state index contributed by atoms with van der Waals surface area (Å²) in [7, 11) is 0. The normalized spacial score (nSPS) is 28.9. The van der Waals surface area contributed by atoms with Crippen LogP contribution in [0.4, 0.5) is 0 Å². The molecule has 2 unspecified atom stereocenters. The largest absolute Gasteiger partial charge is 0.378 e. The van der Waals surface area contributed by atoms with Crippen molar-refractivity contribution >= 4 is 29.9 Å². The number of piperidine rings is 1. The third kappa shape index (κ3) is 5.30. The van der Waals surface area contributed by atoms with E-state index in [1.807, 2.05) is 0 Å². The average molecular weight is 492 g/mol. The summed E-state index contributed by atoms with van der Waals surface area (Å²) in [5.74, 6) is 1.03. The molecule has 0 amide bonds. The van der Waals surface area contributed by atoms with Crippen molar-refractivity contribution in [1.82, 2.24) is 15.5 Å². The molecule has 6 heteroatoms. The van der Waals surface area contributed by atoms with E-state index < -0.39 is 0 Å². The van der Waals surface area contributed by atoms with Crippen LogP contribution in [-0.4, -0.2) is 61.3 Å². The van der Waals surface area contributed by atoms with Gasteiger partial charge in [0.25, 0.3) is 0 Å². The number of hydrogen-bond acceptors (Lipinski definition) is 3. The zero-order valence-corrected chi connectivity index (χ0v) is 20.1. The van der Waals surface area contributed by atoms with Gasteiger partial charge in [-0.1, -0.05) is 12.8 Å². The van der Waals surface area contributed by atoms with E-state index in [4.69, 9.17) is 9.73 Å². The third-order valence-electron chi connectivity index (χ3n) is 6.92. The molecule has 0 aromatic carbocycles. The fraction of sp³-hybridized carbons (Fsp3) is 0.952. The lowest BCUT2D eigenvalue weighted by Crippen LogP contribution is -2.65.